The SMILES string of the molecule is CC(C)(C)c1ccc(OCc2cccc(C(=O)Nc3nn(Cc4ccccc4F)cc3Br)c2)cc1. The molecule has 0 atom stereocenters. The Bertz CT molecular complexity index is 1330. The molecule has 1 aromatic heterocycles. The van der Waals surface area contributed by atoms with E-state index in [0.717, 1.165) is 11.3 Å². The first-order valence-electron chi connectivity index (χ1n) is 11.3. The van der Waals surface area contributed by atoms with Crippen molar-refractivity contribution in [1.82, 2.24) is 9.78 Å². The number of amides is 1. The fourth-order valence-electron chi connectivity index (χ4n) is 3.56. The molecular formula is C28H27BrFN3O2. The predicted molar refractivity (Wildman–Crippen MR) is 139 cm³/mol. The maximum absolute atomic E-state index is 14.0. The second kappa shape index (κ2) is 10.4. The van der Waals surface area contributed by atoms with Gasteiger partial charge >= 0.3 is 0 Å². The number of hydrogen-bond acceptors (Lipinski definition) is 3. The molecule has 35 heavy (non-hydrogen) atoms. The van der Waals surface area contributed by atoms with E-state index in [1.54, 1.807) is 41.2 Å². The molecule has 0 saturated heterocycles. The average Bonchev–Trinajstić information content (AvgIpc) is 3.17. The van der Waals surface area contributed by atoms with Gasteiger partial charge in [0, 0.05) is 17.3 Å². The summed E-state index contributed by atoms with van der Waals surface area (Å²) < 4.78 is 22.1. The Morgan fingerprint density at radius 3 is 2.51 bits per heavy atom. The van der Waals surface area contributed by atoms with Crippen molar-refractivity contribution < 1.29 is 13.9 Å². The van der Waals surface area contributed by atoms with Crippen LogP contribution in [0, 0.1) is 5.82 Å². The fourth-order valence-corrected chi connectivity index (χ4v) is 3.98. The zero-order valence-electron chi connectivity index (χ0n) is 19.9. The molecular weight excluding hydrogens is 509 g/mol. The van der Waals surface area contributed by atoms with Gasteiger partial charge in [0.05, 0.1) is 11.0 Å². The highest BCUT2D eigenvalue weighted by atomic mass is 79.9. The topological polar surface area (TPSA) is 56.1 Å². The number of halogens is 2. The lowest BCUT2D eigenvalue weighted by molar-refractivity contribution is 0.102. The predicted octanol–water partition coefficient (Wildman–Crippen LogP) is 6.96. The van der Waals surface area contributed by atoms with Crippen molar-refractivity contribution in [3.63, 3.8) is 0 Å². The Kier molecular flexibility index (Phi) is 7.36. The molecule has 0 aliphatic carbocycles. The summed E-state index contributed by atoms with van der Waals surface area (Å²) in [5, 5.41) is 7.20. The Morgan fingerprint density at radius 1 is 1.06 bits per heavy atom. The number of benzene rings is 3. The standard InChI is InChI=1S/C28H27BrFN3O2/c1-28(2,3)22-11-13-23(14-12-22)35-18-19-7-6-9-20(15-19)27(34)31-26-24(29)17-33(32-26)16-21-8-4-5-10-25(21)30/h4-15,17H,16,18H2,1-3H3,(H,31,32,34). The second-order valence-electron chi connectivity index (χ2n) is 9.33. The van der Waals surface area contributed by atoms with Crippen LogP contribution in [0.25, 0.3) is 0 Å². The van der Waals surface area contributed by atoms with Gasteiger partial charge in [-0.3, -0.25) is 9.48 Å². The van der Waals surface area contributed by atoms with E-state index in [4.69, 9.17) is 4.74 Å². The second-order valence-corrected chi connectivity index (χ2v) is 10.2. The van der Waals surface area contributed by atoms with E-state index in [9.17, 15) is 9.18 Å². The van der Waals surface area contributed by atoms with Crippen molar-refractivity contribution in [2.24, 2.45) is 0 Å². The van der Waals surface area contributed by atoms with Gasteiger partial charge in [0.1, 0.15) is 18.2 Å². The Labute approximate surface area is 213 Å². The summed E-state index contributed by atoms with van der Waals surface area (Å²) in [7, 11) is 0. The minimum absolute atomic E-state index is 0.0861. The molecule has 0 unspecified atom stereocenters. The van der Waals surface area contributed by atoms with E-state index < -0.39 is 0 Å². The summed E-state index contributed by atoms with van der Waals surface area (Å²) in [6.07, 6.45) is 1.71. The number of carbonyl (C=O) groups is 1. The third kappa shape index (κ3) is 6.36. The van der Waals surface area contributed by atoms with Gasteiger partial charge < -0.3 is 10.1 Å². The lowest BCUT2D eigenvalue weighted by atomic mass is 9.87. The van der Waals surface area contributed by atoms with Crippen molar-refractivity contribution in [2.45, 2.75) is 39.3 Å². The first-order valence-corrected chi connectivity index (χ1v) is 12.1. The fraction of sp³-hybridized carbons (Fsp3) is 0.214. The third-order valence-corrected chi connectivity index (χ3v) is 6.13. The maximum atomic E-state index is 14.0. The number of nitrogens with one attached hydrogen (secondary N) is 1. The van der Waals surface area contributed by atoms with E-state index in [1.807, 2.05) is 24.3 Å². The molecule has 5 nitrogen and oxygen atoms in total. The van der Waals surface area contributed by atoms with Crippen LogP contribution in [0.3, 0.4) is 0 Å². The van der Waals surface area contributed by atoms with E-state index in [1.165, 1.54) is 11.6 Å². The molecule has 0 bridgehead atoms. The lowest BCUT2D eigenvalue weighted by Crippen LogP contribution is -2.14. The molecule has 0 radical (unpaired) electrons. The summed E-state index contributed by atoms with van der Waals surface area (Å²) in [6.45, 7) is 7.12. The molecule has 4 aromatic rings. The molecule has 1 N–H and O–H groups in total. The van der Waals surface area contributed by atoms with E-state index in [2.05, 4.69) is 59.2 Å². The Hall–Kier alpha value is -3.45. The number of nitrogens with zero attached hydrogens (tertiary/aromatic N) is 2. The molecule has 0 spiro atoms. The van der Waals surface area contributed by atoms with Crippen molar-refractivity contribution >= 4 is 27.7 Å². The largest absolute Gasteiger partial charge is 0.489 e. The summed E-state index contributed by atoms with van der Waals surface area (Å²) >= 11 is 3.42. The van der Waals surface area contributed by atoms with Gasteiger partial charge in [0.25, 0.3) is 5.91 Å². The Morgan fingerprint density at radius 2 is 1.80 bits per heavy atom. The van der Waals surface area contributed by atoms with Crippen molar-refractivity contribution in [3.05, 3.63) is 112 Å². The summed E-state index contributed by atoms with van der Waals surface area (Å²) in [5.41, 5.74) is 3.21. The lowest BCUT2D eigenvalue weighted by Gasteiger charge is -2.19. The van der Waals surface area contributed by atoms with Crippen LogP contribution in [0.2, 0.25) is 0 Å². The van der Waals surface area contributed by atoms with E-state index in [0.29, 0.717) is 28.0 Å². The van der Waals surface area contributed by atoms with Gasteiger partial charge in [-0.1, -0.05) is 63.2 Å². The summed E-state index contributed by atoms with van der Waals surface area (Å²) in [5.74, 6) is 0.552. The molecule has 0 aliphatic rings. The quantitative estimate of drug-likeness (QED) is 0.278. The molecule has 0 saturated carbocycles. The van der Waals surface area contributed by atoms with Gasteiger partial charge in [0.2, 0.25) is 0 Å². The van der Waals surface area contributed by atoms with Gasteiger partial charge in [-0.2, -0.15) is 5.10 Å². The summed E-state index contributed by atoms with van der Waals surface area (Å²) in [4.78, 5) is 12.9. The molecule has 180 valence electrons. The number of aromatic nitrogens is 2. The highest BCUT2D eigenvalue weighted by Crippen LogP contribution is 2.25. The van der Waals surface area contributed by atoms with Crippen LogP contribution in [0.1, 0.15) is 47.8 Å². The van der Waals surface area contributed by atoms with Crippen LogP contribution in [0.5, 0.6) is 5.75 Å². The van der Waals surface area contributed by atoms with Crippen LogP contribution < -0.4 is 10.1 Å². The van der Waals surface area contributed by atoms with Crippen LogP contribution in [0.4, 0.5) is 10.2 Å². The van der Waals surface area contributed by atoms with Crippen LogP contribution in [-0.2, 0) is 18.6 Å². The normalized spacial score (nSPS) is 11.3. The molecule has 4 rings (SSSR count). The smallest absolute Gasteiger partial charge is 0.256 e. The monoisotopic (exact) mass is 535 g/mol. The van der Waals surface area contributed by atoms with Crippen LogP contribution in [-0.4, -0.2) is 15.7 Å². The highest BCUT2D eigenvalue weighted by Gasteiger charge is 2.15. The first-order chi connectivity index (χ1) is 16.7. The number of anilines is 1. The van der Waals surface area contributed by atoms with Crippen molar-refractivity contribution in [2.75, 3.05) is 5.32 Å². The minimum atomic E-state index is -0.297. The van der Waals surface area contributed by atoms with Crippen molar-refractivity contribution in [1.29, 1.82) is 0 Å². The maximum Gasteiger partial charge on any atom is 0.256 e. The molecule has 1 amide bonds. The van der Waals surface area contributed by atoms with Crippen LogP contribution >= 0.6 is 15.9 Å². The zero-order valence-corrected chi connectivity index (χ0v) is 21.5. The molecule has 1 heterocycles. The van der Waals surface area contributed by atoms with Gasteiger partial charge in [-0.05, 0) is 62.8 Å². The van der Waals surface area contributed by atoms with E-state index >= 15 is 0 Å². The van der Waals surface area contributed by atoms with Gasteiger partial charge in [0.15, 0.2) is 5.82 Å². The number of rotatable bonds is 7. The Balaban J connectivity index is 1.39. The van der Waals surface area contributed by atoms with Crippen LogP contribution in [0.15, 0.2) is 83.5 Å². The highest BCUT2D eigenvalue weighted by molar-refractivity contribution is 9.10. The zero-order chi connectivity index (χ0) is 25.0. The minimum Gasteiger partial charge on any atom is -0.489 e. The molecule has 7 heteroatoms. The average molecular weight is 536 g/mol. The number of carbonyl (C=O) groups excluding carboxylic acids is 1. The third-order valence-electron chi connectivity index (χ3n) is 5.55. The number of ether oxygens (including phenoxy) is 1. The molecule has 0 fully saturated rings. The van der Waals surface area contributed by atoms with Crippen molar-refractivity contribution in [3.8, 4) is 5.75 Å². The van der Waals surface area contributed by atoms with E-state index in [-0.39, 0.29) is 23.7 Å². The number of hydrogen-bond donors (Lipinski definition) is 1. The summed E-state index contributed by atoms with van der Waals surface area (Å²) in [6, 6.07) is 21.9. The van der Waals surface area contributed by atoms with Gasteiger partial charge in [-0.15, -0.1) is 0 Å². The molecule has 3 aromatic carbocycles. The first kappa shape index (κ1) is 24.7. The van der Waals surface area contributed by atoms with Gasteiger partial charge in [-0.25, -0.2) is 4.39 Å². The molecule has 0 aliphatic heterocycles.